The summed E-state index contributed by atoms with van der Waals surface area (Å²) in [5.74, 6) is 0.737. The third-order valence-corrected chi connectivity index (χ3v) is 6.52. The van der Waals surface area contributed by atoms with Crippen LogP contribution in [0.25, 0.3) is 0 Å². The number of morpholine rings is 1. The zero-order valence-electron chi connectivity index (χ0n) is 15.4. The van der Waals surface area contributed by atoms with E-state index in [1.54, 1.807) is 6.07 Å². The lowest BCUT2D eigenvalue weighted by Crippen LogP contribution is -2.40. The molecular formula is C18H26N2O5S. The molecule has 1 saturated carbocycles. The van der Waals surface area contributed by atoms with Gasteiger partial charge in [0.2, 0.25) is 15.9 Å². The van der Waals surface area contributed by atoms with Crippen LogP contribution in [0.2, 0.25) is 0 Å². The molecular weight excluding hydrogens is 356 g/mol. The molecule has 0 bridgehead atoms. The highest BCUT2D eigenvalue weighted by molar-refractivity contribution is 7.89. The fourth-order valence-corrected chi connectivity index (χ4v) is 4.41. The van der Waals surface area contributed by atoms with Crippen LogP contribution in [-0.2, 0) is 19.6 Å². The predicted molar refractivity (Wildman–Crippen MR) is 97.7 cm³/mol. The summed E-state index contributed by atoms with van der Waals surface area (Å²) in [4.78, 5) is 12.5. The van der Waals surface area contributed by atoms with Crippen molar-refractivity contribution >= 4 is 21.6 Å². The Kier molecular flexibility index (Phi) is 5.55. The summed E-state index contributed by atoms with van der Waals surface area (Å²) in [7, 11) is -3.63. The Bertz CT molecular complexity index is 772. The molecule has 1 aliphatic heterocycles. The molecule has 7 nitrogen and oxygen atoms in total. The van der Waals surface area contributed by atoms with Crippen LogP contribution in [0.4, 0.5) is 5.69 Å². The molecule has 1 heterocycles. The van der Waals surface area contributed by atoms with E-state index in [1.165, 1.54) is 16.4 Å². The van der Waals surface area contributed by atoms with E-state index in [0.29, 0.717) is 43.7 Å². The van der Waals surface area contributed by atoms with E-state index < -0.39 is 10.0 Å². The van der Waals surface area contributed by atoms with E-state index in [2.05, 4.69) is 5.32 Å². The standard InChI is InChI=1S/C18H26N2O5S/c1-12(2)25-17-5-4-14(26(22,23)20-6-8-24-9-7-20)11-16(17)19-18(21)15-10-13(15)3/h4-5,11-13,15H,6-10H2,1-3H3,(H,19,21)/t13-,15-/m0/s1. The Morgan fingerprint density at radius 1 is 1.31 bits per heavy atom. The fraction of sp³-hybridized carbons (Fsp3) is 0.611. The average molecular weight is 382 g/mol. The van der Waals surface area contributed by atoms with E-state index in [4.69, 9.17) is 9.47 Å². The number of nitrogens with one attached hydrogen (secondary N) is 1. The molecule has 1 aromatic carbocycles. The van der Waals surface area contributed by atoms with Crippen molar-refractivity contribution in [1.82, 2.24) is 4.31 Å². The van der Waals surface area contributed by atoms with Crippen molar-refractivity contribution in [3.63, 3.8) is 0 Å². The van der Waals surface area contributed by atoms with Crippen LogP contribution in [0.1, 0.15) is 27.2 Å². The number of nitrogens with zero attached hydrogens (tertiary/aromatic N) is 1. The second kappa shape index (κ2) is 7.54. The molecule has 8 heteroatoms. The summed E-state index contributed by atoms with van der Waals surface area (Å²) in [6, 6.07) is 4.63. The number of sulfonamides is 1. The molecule has 1 amide bonds. The van der Waals surface area contributed by atoms with Gasteiger partial charge in [0.15, 0.2) is 0 Å². The number of amides is 1. The minimum Gasteiger partial charge on any atom is -0.489 e. The van der Waals surface area contributed by atoms with E-state index in [1.807, 2.05) is 20.8 Å². The van der Waals surface area contributed by atoms with E-state index in [9.17, 15) is 13.2 Å². The first kappa shape index (κ1) is 19.1. The number of hydrogen-bond acceptors (Lipinski definition) is 5. The third-order valence-electron chi connectivity index (χ3n) is 4.63. The largest absolute Gasteiger partial charge is 0.489 e. The van der Waals surface area contributed by atoms with E-state index in [-0.39, 0.29) is 22.8 Å². The van der Waals surface area contributed by atoms with Crippen molar-refractivity contribution in [3.8, 4) is 5.75 Å². The van der Waals surface area contributed by atoms with Crippen LogP contribution in [0.3, 0.4) is 0 Å². The molecule has 2 aliphatic rings. The van der Waals surface area contributed by atoms with Gasteiger partial charge in [0.1, 0.15) is 5.75 Å². The SMILES string of the molecule is CC(C)Oc1ccc(S(=O)(=O)N2CCOCC2)cc1NC(=O)[C@H]1C[C@@H]1C. The molecule has 0 unspecified atom stereocenters. The lowest BCUT2D eigenvalue weighted by Gasteiger charge is -2.26. The monoisotopic (exact) mass is 382 g/mol. The summed E-state index contributed by atoms with van der Waals surface area (Å²) in [5, 5.41) is 2.85. The van der Waals surface area contributed by atoms with Gasteiger partial charge in [-0.15, -0.1) is 0 Å². The number of ether oxygens (including phenoxy) is 2. The molecule has 0 radical (unpaired) electrons. The van der Waals surface area contributed by atoms with Gasteiger partial charge in [-0.2, -0.15) is 4.31 Å². The lowest BCUT2D eigenvalue weighted by atomic mass is 10.2. The van der Waals surface area contributed by atoms with Gasteiger partial charge in [0, 0.05) is 19.0 Å². The summed E-state index contributed by atoms with van der Waals surface area (Å²) in [6.07, 6.45) is 0.769. The van der Waals surface area contributed by atoms with E-state index >= 15 is 0 Å². The molecule has 2 atom stereocenters. The Labute approximate surface area is 154 Å². The summed E-state index contributed by atoms with van der Waals surface area (Å²) in [6.45, 7) is 7.21. The second-order valence-electron chi connectivity index (χ2n) is 7.15. The van der Waals surface area contributed by atoms with Crippen LogP contribution in [0, 0.1) is 11.8 Å². The first-order valence-corrected chi connectivity index (χ1v) is 10.4. The number of hydrogen-bond donors (Lipinski definition) is 1. The lowest BCUT2D eigenvalue weighted by molar-refractivity contribution is -0.117. The van der Waals surface area contributed by atoms with Crippen LogP contribution in [0.15, 0.2) is 23.1 Å². The van der Waals surface area contributed by atoms with Crippen LogP contribution < -0.4 is 10.1 Å². The molecule has 1 N–H and O–H groups in total. The number of anilines is 1. The molecule has 1 aromatic rings. The third kappa shape index (κ3) is 4.19. The molecule has 1 aliphatic carbocycles. The van der Waals surface area contributed by atoms with Gasteiger partial charge in [-0.05, 0) is 44.4 Å². The zero-order valence-corrected chi connectivity index (χ0v) is 16.2. The Morgan fingerprint density at radius 3 is 2.54 bits per heavy atom. The summed E-state index contributed by atoms with van der Waals surface area (Å²) in [5.41, 5.74) is 0.400. The quantitative estimate of drug-likeness (QED) is 0.814. The molecule has 0 spiro atoms. The number of carbonyl (C=O) groups excluding carboxylic acids is 1. The maximum absolute atomic E-state index is 12.9. The molecule has 1 saturated heterocycles. The average Bonchev–Trinajstić information content (AvgIpc) is 3.33. The van der Waals surface area contributed by atoms with Crippen molar-refractivity contribution in [2.45, 2.75) is 38.2 Å². The zero-order chi connectivity index (χ0) is 18.9. The van der Waals surface area contributed by atoms with Gasteiger partial charge < -0.3 is 14.8 Å². The predicted octanol–water partition coefficient (Wildman–Crippen LogP) is 2.09. The highest BCUT2D eigenvalue weighted by Gasteiger charge is 2.39. The van der Waals surface area contributed by atoms with E-state index in [0.717, 1.165) is 6.42 Å². The number of rotatable bonds is 6. The fourth-order valence-electron chi connectivity index (χ4n) is 2.97. The van der Waals surface area contributed by atoms with Gasteiger partial charge in [0.25, 0.3) is 0 Å². The summed E-state index contributed by atoms with van der Waals surface area (Å²) >= 11 is 0. The highest BCUT2D eigenvalue weighted by atomic mass is 32.2. The summed E-state index contributed by atoms with van der Waals surface area (Å²) < 4.78 is 38.1. The van der Waals surface area contributed by atoms with Crippen molar-refractivity contribution in [1.29, 1.82) is 0 Å². The van der Waals surface area contributed by atoms with Crippen LogP contribution >= 0.6 is 0 Å². The number of carbonyl (C=O) groups is 1. The van der Waals surface area contributed by atoms with Crippen LogP contribution in [-0.4, -0.2) is 51.0 Å². The smallest absolute Gasteiger partial charge is 0.243 e. The van der Waals surface area contributed by atoms with Gasteiger partial charge >= 0.3 is 0 Å². The Hall–Kier alpha value is -1.64. The Balaban J connectivity index is 1.89. The Morgan fingerprint density at radius 2 is 1.96 bits per heavy atom. The van der Waals surface area contributed by atoms with Crippen molar-refractivity contribution in [3.05, 3.63) is 18.2 Å². The molecule has 0 aromatic heterocycles. The molecule has 144 valence electrons. The second-order valence-corrected chi connectivity index (χ2v) is 9.09. The minimum absolute atomic E-state index is 0.0126. The van der Waals surface area contributed by atoms with Gasteiger partial charge in [-0.1, -0.05) is 6.92 Å². The van der Waals surface area contributed by atoms with Crippen LogP contribution in [0.5, 0.6) is 5.75 Å². The number of benzene rings is 1. The molecule has 3 rings (SSSR count). The van der Waals surface area contributed by atoms with Gasteiger partial charge in [-0.3, -0.25) is 4.79 Å². The maximum atomic E-state index is 12.9. The van der Waals surface area contributed by atoms with Crippen molar-refractivity contribution in [2.24, 2.45) is 11.8 Å². The highest BCUT2D eigenvalue weighted by Crippen LogP contribution is 2.39. The first-order chi connectivity index (χ1) is 12.3. The van der Waals surface area contributed by atoms with Crippen molar-refractivity contribution < 1.29 is 22.7 Å². The minimum atomic E-state index is -3.63. The van der Waals surface area contributed by atoms with Gasteiger partial charge in [-0.25, -0.2) is 8.42 Å². The van der Waals surface area contributed by atoms with Crippen molar-refractivity contribution in [2.75, 3.05) is 31.6 Å². The first-order valence-electron chi connectivity index (χ1n) is 8.98. The topological polar surface area (TPSA) is 84.9 Å². The van der Waals surface area contributed by atoms with Gasteiger partial charge in [0.05, 0.1) is 29.9 Å². The maximum Gasteiger partial charge on any atom is 0.243 e. The molecule has 26 heavy (non-hydrogen) atoms. The normalized spacial score (nSPS) is 23.7. The molecule has 2 fully saturated rings.